The van der Waals surface area contributed by atoms with Crippen molar-refractivity contribution in [2.75, 3.05) is 0 Å². The molecule has 2 heterocycles. The van der Waals surface area contributed by atoms with Gasteiger partial charge in [-0.2, -0.15) is 15.6 Å². The fourth-order valence-corrected chi connectivity index (χ4v) is 5.51. The highest BCUT2D eigenvalue weighted by atomic mass is 19.1. The molecule has 0 aliphatic heterocycles. The molecule has 8 heteroatoms. The molecule has 6 nitrogen and oxygen atoms in total. The Labute approximate surface area is 177 Å². The summed E-state index contributed by atoms with van der Waals surface area (Å²) in [4.78, 5) is 8.64. The van der Waals surface area contributed by atoms with E-state index in [-0.39, 0.29) is 34.0 Å². The Kier molecular flexibility index (Phi) is 3.94. The fourth-order valence-electron chi connectivity index (χ4n) is 5.51. The molecule has 2 aliphatic carbocycles. The molecule has 1 unspecified atom stereocenters. The molecule has 5 rings (SSSR count). The van der Waals surface area contributed by atoms with Crippen LogP contribution in [0.4, 0.5) is 8.78 Å². The molecule has 1 saturated carbocycles. The molecule has 152 valence electrons. The molecule has 2 bridgehead atoms. The van der Waals surface area contributed by atoms with Gasteiger partial charge in [-0.25, -0.2) is 18.7 Å². The number of hydrogen-bond acceptors (Lipinski definition) is 6. The van der Waals surface area contributed by atoms with Gasteiger partial charge in [-0.1, -0.05) is 19.9 Å². The van der Waals surface area contributed by atoms with E-state index in [2.05, 4.69) is 34.0 Å². The zero-order valence-electron chi connectivity index (χ0n) is 16.8. The molecule has 1 aromatic carbocycles. The Morgan fingerprint density at radius 1 is 1.06 bits per heavy atom. The topological polar surface area (TPSA) is 99.1 Å². The maximum atomic E-state index is 14.3. The van der Waals surface area contributed by atoms with Crippen LogP contribution in [0.1, 0.15) is 60.9 Å². The Balaban J connectivity index is 1.73. The summed E-state index contributed by atoms with van der Waals surface area (Å²) in [5.41, 5.74) is 1.04. The number of nitrogens with zero attached hydrogens (tertiary/aromatic N) is 6. The first kappa shape index (κ1) is 19.2. The van der Waals surface area contributed by atoms with Crippen molar-refractivity contribution in [1.82, 2.24) is 20.2 Å². The maximum Gasteiger partial charge on any atom is 0.177 e. The average Bonchev–Trinajstić information content (AvgIpc) is 3.14. The van der Waals surface area contributed by atoms with Gasteiger partial charge in [0.2, 0.25) is 0 Å². The molecule has 0 N–H and O–H groups in total. The van der Waals surface area contributed by atoms with Crippen molar-refractivity contribution in [2.24, 2.45) is 5.41 Å². The monoisotopic (exact) mass is 414 g/mol. The van der Waals surface area contributed by atoms with Crippen molar-refractivity contribution in [2.45, 2.75) is 38.0 Å². The lowest BCUT2D eigenvalue weighted by Crippen LogP contribution is -2.38. The second-order valence-electron chi connectivity index (χ2n) is 8.52. The molecule has 31 heavy (non-hydrogen) atoms. The number of nitriles is 2. The van der Waals surface area contributed by atoms with Crippen LogP contribution in [-0.2, 0) is 5.41 Å². The number of hydrogen-bond donors (Lipinski definition) is 0. The van der Waals surface area contributed by atoms with E-state index in [4.69, 9.17) is 0 Å². The largest absolute Gasteiger partial charge is 0.241 e. The van der Waals surface area contributed by atoms with Crippen LogP contribution in [0.3, 0.4) is 0 Å². The van der Waals surface area contributed by atoms with Crippen molar-refractivity contribution >= 4 is 0 Å². The van der Waals surface area contributed by atoms with E-state index >= 15 is 0 Å². The minimum atomic E-state index is -0.692. The number of fused-ring (bicyclic) bond motifs is 5. The van der Waals surface area contributed by atoms with Gasteiger partial charge < -0.3 is 0 Å². The van der Waals surface area contributed by atoms with E-state index in [1.807, 2.05) is 12.1 Å². The summed E-state index contributed by atoms with van der Waals surface area (Å²) in [6, 6.07) is 9.25. The van der Waals surface area contributed by atoms with E-state index < -0.39 is 17.0 Å². The molecule has 0 radical (unpaired) electrons. The second-order valence-corrected chi connectivity index (χ2v) is 8.52. The van der Waals surface area contributed by atoms with E-state index in [0.717, 1.165) is 18.4 Å². The summed E-state index contributed by atoms with van der Waals surface area (Å²) < 4.78 is 28.7. The summed E-state index contributed by atoms with van der Waals surface area (Å²) in [7, 11) is 0. The van der Waals surface area contributed by atoms with Gasteiger partial charge >= 0.3 is 0 Å². The van der Waals surface area contributed by atoms with Crippen LogP contribution >= 0.6 is 0 Å². The summed E-state index contributed by atoms with van der Waals surface area (Å²) in [5.74, 6) is -1.31. The Hall–Kier alpha value is -3.78. The molecule has 0 amide bonds. The lowest BCUT2D eigenvalue weighted by Gasteiger charge is -2.37. The SMILES string of the molecule is CC1(C)[C@H]2CCC1(c1cnc(C#N)c(C#N)n1)c1nnc(-c3c(F)cccc3F)cc12. The molecule has 2 atom stereocenters. The van der Waals surface area contributed by atoms with Crippen molar-refractivity contribution in [3.8, 4) is 23.4 Å². The van der Waals surface area contributed by atoms with Crippen molar-refractivity contribution in [1.29, 1.82) is 10.5 Å². The highest BCUT2D eigenvalue weighted by Gasteiger charge is 2.65. The quantitative estimate of drug-likeness (QED) is 0.624. The van der Waals surface area contributed by atoms with Gasteiger partial charge in [0.05, 0.1) is 34.3 Å². The van der Waals surface area contributed by atoms with E-state index in [0.29, 0.717) is 11.4 Å². The third-order valence-corrected chi connectivity index (χ3v) is 7.02. The summed E-state index contributed by atoms with van der Waals surface area (Å²) in [6.45, 7) is 4.20. The number of aromatic nitrogens is 4. The predicted octanol–water partition coefficient (Wildman–Crippen LogP) is 4.16. The van der Waals surface area contributed by atoms with Crippen LogP contribution < -0.4 is 0 Å². The van der Waals surface area contributed by atoms with E-state index in [1.165, 1.54) is 24.4 Å². The molecular weight excluding hydrogens is 398 g/mol. The Morgan fingerprint density at radius 2 is 1.77 bits per heavy atom. The van der Waals surface area contributed by atoms with Crippen LogP contribution in [-0.4, -0.2) is 20.2 Å². The summed E-state index contributed by atoms with van der Waals surface area (Å²) in [5, 5.41) is 27.2. The van der Waals surface area contributed by atoms with E-state index in [1.54, 1.807) is 6.07 Å². The van der Waals surface area contributed by atoms with Gasteiger partial charge in [0, 0.05) is 0 Å². The molecule has 3 aromatic rings. The van der Waals surface area contributed by atoms with Crippen LogP contribution in [0.25, 0.3) is 11.3 Å². The van der Waals surface area contributed by atoms with Gasteiger partial charge in [0.25, 0.3) is 0 Å². The molecule has 2 aliphatic rings. The van der Waals surface area contributed by atoms with Gasteiger partial charge in [-0.05, 0) is 47.9 Å². The molecule has 2 aromatic heterocycles. The molecular formula is C23H16F2N6. The normalized spacial score (nSPS) is 22.6. The number of benzene rings is 1. The highest BCUT2D eigenvalue weighted by Crippen LogP contribution is 2.69. The lowest BCUT2D eigenvalue weighted by molar-refractivity contribution is 0.242. The Morgan fingerprint density at radius 3 is 2.45 bits per heavy atom. The first-order valence-corrected chi connectivity index (χ1v) is 9.85. The Bertz CT molecular complexity index is 1320. The van der Waals surface area contributed by atoms with Gasteiger partial charge in [-0.15, -0.1) is 5.10 Å². The fraction of sp³-hybridized carbons (Fsp3) is 0.304. The summed E-state index contributed by atoms with van der Waals surface area (Å²) in [6.07, 6.45) is 3.09. The first-order valence-electron chi connectivity index (χ1n) is 9.85. The lowest BCUT2D eigenvalue weighted by atomic mass is 9.66. The smallest absolute Gasteiger partial charge is 0.177 e. The minimum Gasteiger partial charge on any atom is -0.241 e. The minimum absolute atomic E-state index is 0.0234. The van der Waals surface area contributed by atoms with Crippen molar-refractivity contribution in [3.05, 3.63) is 70.4 Å². The third-order valence-electron chi connectivity index (χ3n) is 7.02. The van der Waals surface area contributed by atoms with Crippen LogP contribution in [0.2, 0.25) is 0 Å². The zero-order chi connectivity index (χ0) is 22.0. The van der Waals surface area contributed by atoms with Gasteiger partial charge in [0.15, 0.2) is 11.4 Å². The molecule has 0 spiro atoms. The van der Waals surface area contributed by atoms with E-state index in [9.17, 15) is 19.3 Å². The average molecular weight is 414 g/mol. The van der Waals surface area contributed by atoms with Crippen molar-refractivity contribution < 1.29 is 8.78 Å². The summed E-state index contributed by atoms with van der Waals surface area (Å²) >= 11 is 0. The van der Waals surface area contributed by atoms with Gasteiger partial charge in [-0.3, -0.25) is 0 Å². The third kappa shape index (κ3) is 2.33. The molecule has 1 fully saturated rings. The highest BCUT2D eigenvalue weighted by molar-refractivity contribution is 5.64. The van der Waals surface area contributed by atoms with Crippen molar-refractivity contribution in [3.63, 3.8) is 0 Å². The molecule has 0 saturated heterocycles. The second kappa shape index (κ2) is 6.36. The van der Waals surface area contributed by atoms with Gasteiger partial charge in [0.1, 0.15) is 23.8 Å². The number of rotatable bonds is 2. The van der Waals surface area contributed by atoms with Crippen LogP contribution in [0.15, 0.2) is 30.5 Å². The maximum absolute atomic E-state index is 14.3. The predicted molar refractivity (Wildman–Crippen MR) is 105 cm³/mol. The first-order chi connectivity index (χ1) is 14.8. The zero-order valence-corrected chi connectivity index (χ0v) is 16.8. The number of halogens is 2. The standard InChI is InChI=1S/C23H16F2N6/c1-22(2)13-6-7-23(22,19-11-28-17(9-26)18(10-27)29-19)21-12(13)8-16(30-31-21)20-14(24)4-3-5-15(20)25/h3-5,8,11,13H,6-7H2,1-2H3/t13-,23?/m0/s1. The van der Waals surface area contributed by atoms with Crippen LogP contribution in [0.5, 0.6) is 0 Å². The van der Waals surface area contributed by atoms with Crippen LogP contribution in [0, 0.1) is 39.7 Å².